The zero-order valence-electron chi connectivity index (χ0n) is 20.3. The van der Waals surface area contributed by atoms with Crippen LogP contribution in [0.3, 0.4) is 0 Å². The molecule has 0 aliphatic heterocycles. The van der Waals surface area contributed by atoms with E-state index in [-0.39, 0.29) is 56.6 Å². The van der Waals surface area contributed by atoms with Crippen molar-refractivity contribution < 1.29 is 42.8 Å². The first-order valence-electron chi connectivity index (χ1n) is 10.8. The van der Waals surface area contributed by atoms with Crippen LogP contribution < -0.4 is 5.32 Å². The fourth-order valence-electron chi connectivity index (χ4n) is 3.03. The van der Waals surface area contributed by atoms with Gasteiger partial charge in [0.1, 0.15) is 0 Å². The second-order valence-corrected chi connectivity index (χ2v) is 14.6. The fraction of sp³-hybridized carbons (Fsp3) is 0.600. The van der Waals surface area contributed by atoms with Gasteiger partial charge in [0.15, 0.2) is 8.32 Å². The zero-order chi connectivity index (χ0) is 22.2. The van der Waals surface area contributed by atoms with Crippen LogP contribution in [0.2, 0.25) is 18.1 Å². The van der Waals surface area contributed by atoms with E-state index in [9.17, 15) is 4.79 Å². The molecule has 1 rings (SSSR count). The molecule has 4 atom stereocenters. The van der Waals surface area contributed by atoms with Gasteiger partial charge in [-0.05, 0) is 56.7 Å². The summed E-state index contributed by atoms with van der Waals surface area (Å²) in [4.78, 5) is 12.5. The van der Waals surface area contributed by atoms with Crippen LogP contribution in [0.15, 0.2) is 37.0 Å². The van der Waals surface area contributed by atoms with Gasteiger partial charge in [0.2, 0.25) is 0 Å². The Bertz CT molecular complexity index is 599. The van der Waals surface area contributed by atoms with Crippen molar-refractivity contribution >= 4 is 14.2 Å². The molecular weight excluding hydrogens is 492 g/mol. The van der Waals surface area contributed by atoms with Crippen molar-refractivity contribution in [2.75, 3.05) is 0 Å². The van der Waals surface area contributed by atoms with Gasteiger partial charge in [-0.2, -0.15) is 6.42 Å². The van der Waals surface area contributed by atoms with Gasteiger partial charge in [0, 0.05) is 34.8 Å². The average Bonchev–Trinajstić information content (AvgIpc) is 3.35. The number of carbonyl (C=O) groups excluding carboxylic acids is 1. The molecule has 0 aromatic rings. The van der Waals surface area contributed by atoms with E-state index < -0.39 is 8.32 Å². The maximum Gasteiger partial charge on any atom is 2.00 e. The van der Waals surface area contributed by atoms with Crippen molar-refractivity contribution in [3.8, 4) is 0 Å². The van der Waals surface area contributed by atoms with Crippen LogP contribution in [0.1, 0.15) is 53.9 Å². The predicted molar refractivity (Wildman–Crippen MR) is 128 cm³/mol. The second-order valence-electron chi connectivity index (χ2n) is 9.80. The third kappa shape index (κ3) is 12.0. The number of nitrogens with one attached hydrogen (secondary N) is 1. The summed E-state index contributed by atoms with van der Waals surface area (Å²) in [6.07, 6.45) is 14.8. The summed E-state index contributed by atoms with van der Waals surface area (Å²) in [6, 6.07) is 0.150. The largest absolute Gasteiger partial charge is 2.00 e. The molecule has 3 nitrogen and oxygen atoms in total. The molecule has 1 N–H and O–H groups in total. The summed E-state index contributed by atoms with van der Waals surface area (Å²) in [5, 5.41) is 3.21. The van der Waals surface area contributed by atoms with E-state index in [1.165, 1.54) is 6.42 Å². The summed E-state index contributed by atoms with van der Waals surface area (Å²) >= 11 is 0. The first kappa shape index (κ1) is 32.9. The summed E-state index contributed by atoms with van der Waals surface area (Å²) < 4.78 is 6.55. The van der Waals surface area contributed by atoms with E-state index in [0.717, 1.165) is 6.42 Å². The summed E-state index contributed by atoms with van der Waals surface area (Å²) in [5.41, 5.74) is 0. The van der Waals surface area contributed by atoms with Gasteiger partial charge >= 0.3 is 16.8 Å². The van der Waals surface area contributed by atoms with Crippen molar-refractivity contribution in [2.45, 2.75) is 84.2 Å². The standard InChI is InChI=1S/C25H42NO2Si.2Co/c1-10-12-13-14-23(28-29(8,9)25(5,6)7)16-15-19(3)24(27)26-20(4)17-22-18-21(22)11-2;;/h10-15,20-23H,2-3,16-18H2,1,4-9H3,(H,26,27);;/q-3;;+2/b12-10+,14-13+;;/t20-,21+,22+,23?;;/m1../s1. The van der Waals surface area contributed by atoms with Gasteiger partial charge < -0.3 is 33.8 Å². The fourth-order valence-corrected chi connectivity index (χ4v) is 4.32. The minimum absolute atomic E-state index is 0. The molecule has 1 unspecified atom stereocenters. The van der Waals surface area contributed by atoms with Crippen LogP contribution in [0.5, 0.6) is 0 Å². The van der Waals surface area contributed by atoms with Gasteiger partial charge in [-0.25, -0.2) is 0 Å². The van der Waals surface area contributed by atoms with Crippen LogP contribution in [0.4, 0.5) is 0 Å². The van der Waals surface area contributed by atoms with Crippen molar-refractivity contribution in [3.63, 3.8) is 0 Å². The summed E-state index contributed by atoms with van der Waals surface area (Å²) in [5.74, 6) is 1.72. The molecule has 31 heavy (non-hydrogen) atoms. The summed E-state index contributed by atoms with van der Waals surface area (Å²) in [6.45, 7) is 23.1. The molecule has 1 fully saturated rings. The number of allylic oxidation sites excluding steroid dienone is 4. The normalized spacial score (nSPS) is 20.5. The van der Waals surface area contributed by atoms with Crippen molar-refractivity contribution in [1.29, 1.82) is 0 Å². The second kappa shape index (κ2) is 14.8. The molecule has 6 heteroatoms. The Labute approximate surface area is 213 Å². The van der Waals surface area contributed by atoms with Gasteiger partial charge in [0.05, 0.1) is 0 Å². The first-order valence-corrected chi connectivity index (χ1v) is 13.7. The molecule has 1 aliphatic carbocycles. The average molecular weight is 535 g/mol. The van der Waals surface area contributed by atoms with E-state index >= 15 is 0 Å². The van der Waals surface area contributed by atoms with E-state index in [0.29, 0.717) is 24.2 Å². The van der Waals surface area contributed by atoms with Gasteiger partial charge in [-0.15, -0.1) is 6.58 Å². The molecular formula is C25H42Co2NO2Si-. The first-order chi connectivity index (χ1) is 13.4. The molecule has 0 saturated heterocycles. The summed E-state index contributed by atoms with van der Waals surface area (Å²) in [7, 11) is -1.91. The molecule has 1 saturated carbocycles. The maximum absolute atomic E-state index is 12.5. The molecule has 1 amide bonds. The third-order valence-corrected chi connectivity index (χ3v) is 10.6. The number of hydrogen-bond donors (Lipinski definition) is 1. The molecule has 0 aromatic carbocycles. The van der Waals surface area contributed by atoms with Crippen molar-refractivity contribution in [1.82, 2.24) is 5.32 Å². The van der Waals surface area contributed by atoms with Crippen LogP contribution in [-0.4, -0.2) is 26.4 Å². The third-order valence-electron chi connectivity index (χ3n) is 6.08. The van der Waals surface area contributed by atoms with Crippen LogP contribution in [0.25, 0.3) is 0 Å². The monoisotopic (exact) mass is 534 g/mol. The Hall–Kier alpha value is -0.250. The van der Waals surface area contributed by atoms with Crippen molar-refractivity contribution in [2.24, 2.45) is 11.8 Å². The van der Waals surface area contributed by atoms with E-state index in [1.807, 2.05) is 37.6 Å². The molecule has 0 heterocycles. The molecule has 0 bridgehead atoms. The quantitative estimate of drug-likeness (QED) is 0.140. The zero-order valence-corrected chi connectivity index (χ0v) is 23.4. The SMILES string of the molecule is C=C[C@H]1C[C@@H]1C[C@@H](C)NC(=O)[C-]([CH2-])[CH-]CC(/C=C/C=C/C)O[Si](C)(C)C(C)(C)C.[Co+2].[Co]. The number of hydrogen-bond acceptors (Lipinski definition) is 2. The minimum atomic E-state index is -1.91. The van der Waals surface area contributed by atoms with Crippen molar-refractivity contribution in [3.05, 3.63) is 56.2 Å². The van der Waals surface area contributed by atoms with Crippen LogP contribution in [-0.2, 0) is 42.8 Å². The van der Waals surface area contributed by atoms with Crippen LogP contribution in [0, 0.1) is 31.1 Å². The van der Waals surface area contributed by atoms with Gasteiger partial charge in [-0.1, -0.05) is 51.2 Å². The molecule has 2 radical (unpaired) electrons. The molecule has 0 aromatic heterocycles. The van der Waals surface area contributed by atoms with Gasteiger partial charge in [-0.3, -0.25) is 0 Å². The predicted octanol–water partition coefficient (Wildman–Crippen LogP) is 6.22. The van der Waals surface area contributed by atoms with E-state index in [2.05, 4.69) is 65.7 Å². The smallest absolute Gasteiger partial charge is 0.616 e. The van der Waals surface area contributed by atoms with Gasteiger partial charge in [0.25, 0.3) is 0 Å². The number of rotatable bonds is 12. The number of amides is 1. The molecule has 1 aliphatic rings. The Morgan fingerprint density at radius 1 is 1.39 bits per heavy atom. The number of carbonyl (C=O) groups is 1. The Morgan fingerprint density at radius 3 is 2.48 bits per heavy atom. The molecule has 182 valence electrons. The Morgan fingerprint density at radius 2 is 2.00 bits per heavy atom. The molecule has 0 spiro atoms. The Kier molecular flexibility index (Phi) is 15.7. The maximum atomic E-state index is 12.5. The van der Waals surface area contributed by atoms with Crippen LogP contribution >= 0.6 is 0 Å². The topological polar surface area (TPSA) is 38.3 Å². The Balaban J connectivity index is 0. The van der Waals surface area contributed by atoms with E-state index in [1.54, 1.807) is 0 Å². The van der Waals surface area contributed by atoms with E-state index in [4.69, 9.17) is 4.43 Å². The minimum Gasteiger partial charge on any atom is -0.616 e.